The smallest absolute Gasteiger partial charge is 0.164 e. The highest BCUT2D eigenvalue weighted by atomic mass is 15.0. The van der Waals surface area contributed by atoms with E-state index in [4.69, 9.17) is 19.9 Å². The molecule has 4 aromatic heterocycles. The molecule has 0 N–H and O–H groups in total. The highest BCUT2D eigenvalue weighted by molar-refractivity contribution is 6.10. The molecule has 0 atom stereocenters. The summed E-state index contributed by atoms with van der Waals surface area (Å²) in [6, 6.07) is 47.3. The Morgan fingerprint density at radius 3 is 1.71 bits per heavy atom. The van der Waals surface area contributed by atoms with Crippen molar-refractivity contribution >= 4 is 21.8 Å². The summed E-state index contributed by atoms with van der Waals surface area (Å²) in [6.45, 7) is 3.79. The zero-order valence-electron chi connectivity index (χ0n) is 27.9. The van der Waals surface area contributed by atoms with Crippen LogP contribution in [-0.4, -0.2) is 39.5 Å². The Morgan fingerprint density at radius 1 is 0.412 bits per heavy atom. The van der Waals surface area contributed by atoms with Gasteiger partial charge in [0.1, 0.15) is 11.6 Å². The Kier molecular flexibility index (Phi) is 7.39. The maximum Gasteiger partial charge on any atom is 0.164 e. The van der Waals surface area contributed by atoms with Crippen LogP contribution in [-0.2, 0) is 0 Å². The van der Waals surface area contributed by atoms with Crippen LogP contribution in [0.1, 0.15) is 11.6 Å². The number of nitrogens with zero attached hydrogens (tertiary/aromatic N) is 8. The molecule has 0 spiro atoms. The van der Waals surface area contributed by atoms with E-state index in [0.717, 1.165) is 61.0 Å². The summed E-state index contributed by atoms with van der Waals surface area (Å²) in [5, 5.41) is 2.28. The number of pyridine rings is 1. The Morgan fingerprint density at radius 2 is 1.02 bits per heavy atom. The van der Waals surface area contributed by atoms with Crippen LogP contribution in [0.4, 0.5) is 0 Å². The molecule has 0 amide bonds. The second-order valence-electron chi connectivity index (χ2n) is 12.3. The highest BCUT2D eigenvalue weighted by Gasteiger charge is 2.20. The van der Waals surface area contributed by atoms with Gasteiger partial charge in [0.15, 0.2) is 23.3 Å². The first-order chi connectivity index (χ1) is 25.1. The van der Waals surface area contributed by atoms with E-state index >= 15 is 0 Å². The molecule has 8 heteroatoms. The van der Waals surface area contributed by atoms with E-state index in [9.17, 15) is 0 Å². The van der Waals surface area contributed by atoms with Gasteiger partial charge in [-0.3, -0.25) is 4.98 Å². The van der Waals surface area contributed by atoms with Crippen LogP contribution in [0.3, 0.4) is 0 Å². The Hall–Kier alpha value is -6.93. The van der Waals surface area contributed by atoms with Gasteiger partial charge in [-0.2, -0.15) is 0 Å². The third-order valence-electron chi connectivity index (χ3n) is 8.93. The fourth-order valence-corrected chi connectivity index (χ4v) is 6.66. The molecule has 4 heterocycles. The molecule has 5 aromatic carbocycles. The first kappa shape index (κ1) is 30.2. The molecule has 242 valence electrons. The van der Waals surface area contributed by atoms with Gasteiger partial charge in [-0.15, -0.1) is 0 Å². The zero-order valence-corrected chi connectivity index (χ0v) is 27.9. The highest BCUT2D eigenvalue weighted by Crippen LogP contribution is 2.38. The maximum absolute atomic E-state index is 5.12. The monoisotopic (exact) mass is 658 g/mol. The number of hydrogen-bond acceptors (Lipinski definition) is 7. The summed E-state index contributed by atoms with van der Waals surface area (Å²) in [4.78, 5) is 33.7. The van der Waals surface area contributed by atoms with Crippen molar-refractivity contribution in [3.8, 4) is 62.5 Å². The number of rotatable bonds is 6. The van der Waals surface area contributed by atoms with E-state index in [1.165, 1.54) is 0 Å². The van der Waals surface area contributed by atoms with Crippen molar-refractivity contribution < 1.29 is 0 Å². The molecule has 9 rings (SSSR count). The minimum Gasteiger partial charge on any atom is -0.309 e. The lowest BCUT2D eigenvalue weighted by Crippen LogP contribution is -2.03. The van der Waals surface area contributed by atoms with Crippen LogP contribution >= 0.6 is 0 Å². The lowest BCUT2D eigenvalue weighted by Gasteiger charge is -2.15. The predicted molar refractivity (Wildman–Crippen MR) is 202 cm³/mol. The molecular formula is C43H30N8. The Bertz CT molecular complexity index is 2630. The standard InChI is InChI=1S/C43H30N8/c1-27-45-28(2)47-42(46-27)31-20-22-35-34-17-9-10-19-38(34)51(39(35)25-31)32-21-23-33(37-18-11-12-24-44-37)36(26-32)43-49-40(29-13-5-3-6-14-29)48-41(50-43)30-15-7-4-8-16-30/h3-26H,1-2H3. The summed E-state index contributed by atoms with van der Waals surface area (Å²) in [5.74, 6) is 3.78. The van der Waals surface area contributed by atoms with E-state index in [1.54, 1.807) is 0 Å². The van der Waals surface area contributed by atoms with E-state index < -0.39 is 0 Å². The number of aromatic nitrogens is 8. The molecule has 51 heavy (non-hydrogen) atoms. The second kappa shape index (κ2) is 12.5. The van der Waals surface area contributed by atoms with Gasteiger partial charge in [-0.05, 0) is 56.3 Å². The fraction of sp³-hybridized carbons (Fsp3) is 0.0465. The van der Waals surface area contributed by atoms with Crippen molar-refractivity contribution in [3.63, 3.8) is 0 Å². The van der Waals surface area contributed by atoms with Crippen LogP contribution < -0.4 is 0 Å². The van der Waals surface area contributed by atoms with E-state index in [-0.39, 0.29) is 0 Å². The second-order valence-corrected chi connectivity index (χ2v) is 12.3. The molecule has 0 unspecified atom stereocenters. The Balaban J connectivity index is 1.32. The van der Waals surface area contributed by atoms with Gasteiger partial charge in [0.2, 0.25) is 0 Å². The molecule has 9 aromatic rings. The molecule has 0 fully saturated rings. The van der Waals surface area contributed by atoms with Crippen molar-refractivity contribution in [1.29, 1.82) is 0 Å². The van der Waals surface area contributed by atoms with E-state index in [2.05, 4.69) is 80.2 Å². The van der Waals surface area contributed by atoms with Gasteiger partial charge in [-0.25, -0.2) is 29.9 Å². The number of benzene rings is 5. The minimum atomic E-state index is 0.558. The average Bonchev–Trinajstić information content (AvgIpc) is 3.52. The predicted octanol–water partition coefficient (Wildman–Crippen LogP) is 9.50. The Labute approximate surface area is 294 Å². The van der Waals surface area contributed by atoms with Crippen LogP contribution in [0.2, 0.25) is 0 Å². The summed E-state index contributed by atoms with van der Waals surface area (Å²) in [5.41, 5.74) is 8.39. The average molecular weight is 659 g/mol. The molecule has 0 aliphatic carbocycles. The first-order valence-electron chi connectivity index (χ1n) is 16.7. The van der Waals surface area contributed by atoms with Crippen molar-refractivity contribution in [1.82, 2.24) is 39.5 Å². The lowest BCUT2D eigenvalue weighted by atomic mass is 10.0. The number of hydrogen-bond donors (Lipinski definition) is 0. The maximum atomic E-state index is 5.12. The largest absolute Gasteiger partial charge is 0.309 e. The third-order valence-corrected chi connectivity index (χ3v) is 8.93. The number of para-hydroxylation sites is 1. The third kappa shape index (κ3) is 5.58. The minimum absolute atomic E-state index is 0.558. The van der Waals surface area contributed by atoms with Crippen LogP contribution in [0.25, 0.3) is 84.3 Å². The molecule has 0 aliphatic rings. The summed E-state index contributed by atoms with van der Waals surface area (Å²) >= 11 is 0. The summed E-state index contributed by atoms with van der Waals surface area (Å²) in [7, 11) is 0. The SMILES string of the molecule is Cc1nc(C)nc(-c2ccc3c4ccccc4n(-c4ccc(-c5ccccn5)c(-c5nc(-c6ccccc6)nc(-c6ccccc6)n5)c4)c3c2)n1. The van der Waals surface area contributed by atoms with Crippen molar-refractivity contribution in [3.05, 3.63) is 157 Å². The van der Waals surface area contributed by atoms with Crippen LogP contribution in [0.15, 0.2) is 146 Å². The molecule has 0 saturated carbocycles. The summed E-state index contributed by atoms with van der Waals surface area (Å²) < 4.78 is 2.29. The van der Waals surface area contributed by atoms with Crippen molar-refractivity contribution in [2.75, 3.05) is 0 Å². The zero-order chi connectivity index (χ0) is 34.3. The quantitative estimate of drug-likeness (QED) is 0.176. The van der Waals surface area contributed by atoms with Crippen molar-refractivity contribution in [2.24, 2.45) is 0 Å². The van der Waals surface area contributed by atoms with Gasteiger partial charge in [0.25, 0.3) is 0 Å². The van der Waals surface area contributed by atoms with Crippen LogP contribution in [0, 0.1) is 13.8 Å². The van der Waals surface area contributed by atoms with Gasteiger partial charge in [0, 0.05) is 50.5 Å². The fourth-order valence-electron chi connectivity index (χ4n) is 6.66. The van der Waals surface area contributed by atoms with Crippen LogP contribution in [0.5, 0.6) is 0 Å². The molecule has 0 aliphatic heterocycles. The summed E-state index contributed by atoms with van der Waals surface area (Å²) in [6.07, 6.45) is 1.81. The number of fused-ring (bicyclic) bond motifs is 3. The van der Waals surface area contributed by atoms with Gasteiger partial charge >= 0.3 is 0 Å². The topological polar surface area (TPSA) is 95.2 Å². The lowest BCUT2D eigenvalue weighted by molar-refractivity contribution is 0.928. The molecule has 0 saturated heterocycles. The van der Waals surface area contributed by atoms with Gasteiger partial charge < -0.3 is 4.57 Å². The van der Waals surface area contributed by atoms with Crippen molar-refractivity contribution in [2.45, 2.75) is 13.8 Å². The van der Waals surface area contributed by atoms with E-state index in [1.807, 2.05) is 98.9 Å². The molecule has 8 nitrogen and oxygen atoms in total. The normalized spacial score (nSPS) is 11.3. The molecular weight excluding hydrogens is 629 g/mol. The van der Waals surface area contributed by atoms with E-state index in [0.29, 0.717) is 34.9 Å². The van der Waals surface area contributed by atoms with Gasteiger partial charge in [0.05, 0.1) is 16.7 Å². The first-order valence-corrected chi connectivity index (χ1v) is 16.7. The molecule has 0 bridgehead atoms. The molecule has 0 radical (unpaired) electrons. The van der Waals surface area contributed by atoms with Gasteiger partial charge in [-0.1, -0.05) is 97.1 Å². The number of aryl methyl sites for hydroxylation is 2.